The van der Waals surface area contributed by atoms with E-state index in [2.05, 4.69) is 19.1 Å². The van der Waals surface area contributed by atoms with Crippen molar-refractivity contribution in [3.8, 4) is 0 Å². The summed E-state index contributed by atoms with van der Waals surface area (Å²) in [5, 5.41) is 0. The van der Waals surface area contributed by atoms with Crippen LogP contribution >= 0.6 is 20.7 Å². The molecule has 1 heterocycles. The van der Waals surface area contributed by atoms with Gasteiger partial charge in [-0.05, 0) is 59.3 Å². The number of allylic oxidation sites excluding steroid dienone is 1. The van der Waals surface area contributed by atoms with Gasteiger partial charge in [-0.15, -0.1) is 0 Å². The maximum Gasteiger partial charge on any atom is 0.302 e. The number of rotatable bonds is 1. The van der Waals surface area contributed by atoms with Gasteiger partial charge in [-0.3, -0.25) is 4.79 Å². The van der Waals surface area contributed by atoms with Crippen LogP contribution in [0.2, 0.25) is 0 Å². The molecule has 0 amide bonds. The Hall–Kier alpha value is -1.13. The third-order valence-corrected chi connectivity index (χ3v) is 9.05. The molecule has 0 saturated heterocycles. The summed E-state index contributed by atoms with van der Waals surface area (Å²) in [7, 11) is 3.88. The fraction of sp³-hybridized carbons (Fsp3) is 0.550. The Bertz CT molecular complexity index is 872. The Morgan fingerprint density at radius 2 is 2.08 bits per heavy atom. The van der Waals surface area contributed by atoms with Gasteiger partial charge in [-0.25, -0.2) is 0 Å². The van der Waals surface area contributed by atoms with Crippen LogP contribution in [0.3, 0.4) is 0 Å². The van der Waals surface area contributed by atoms with Crippen LogP contribution in [-0.2, 0) is 22.4 Å². The molecule has 2 aromatic rings. The smallest absolute Gasteiger partial charge is 0.302 e. The number of ether oxygens (including phenoxy) is 1. The fourth-order valence-corrected chi connectivity index (χ4v) is 7.66. The van der Waals surface area contributed by atoms with Crippen molar-refractivity contribution in [2.45, 2.75) is 64.4 Å². The molecule has 5 rings (SSSR count). The van der Waals surface area contributed by atoms with Crippen molar-refractivity contribution < 1.29 is 9.53 Å². The maximum atomic E-state index is 11.3. The lowest BCUT2D eigenvalue weighted by molar-refractivity contribution is -0.146. The fourth-order valence-electron chi connectivity index (χ4n) is 5.21. The van der Waals surface area contributed by atoms with Crippen molar-refractivity contribution in [2.75, 3.05) is 0 Å². The quantitative estimate of drug-likeness (QED) is 0.484. The second-order valence-electron chi connectivity index (χ2n) is 7.87. The van der Waals surface area contributed by atoms with Crippen LogP contribution in [-0.4, -0.2) is 12.1 Å². The second kappa shape index (κ2) is 5.18. The topological polar surface area (TPSA) is 26.3 Å². The average molecular weight is 359 g/mol. The Kier molecular flexibility index (Phi) is 3.27. The number of carbonyl (C=O) groups excluding carboxylic acids is 1. The number of hydrogen-bond donors (Lipinski definition) is 0. The van der Waals surface area contributed by atoms with E-state index in [4.69, 9.17) is 4.74 Å². The lowest BCUT2D eigenvalue weighted by Crippen LogP contribution is -2.27. The van der Waals surface area contributed by atoms with Crippen molar-refractivity contribution in [1.82, 2.24) is 0 Å². The molecule has 0 radical (unpaired) electrons. The molecule has 1 aromatic heterocycles. The Labute approximate surface area is 149 Å². The van der Waals surface area contributed by atoms with Crippen LogP contribution in [0.1, 0.15) is 67.7 Å². The molecular formula is C20H22O2S2. The van der Waals surface area contributed by atoms with E-state index in [9.17, 15) is 4.79 Å². The van der Waals surface area contributed by atoms with Gasteiger partial charge in [-0.2, -0.15) is 0 Å². The van der Waals surface area contributed by atoms with Gasteiger partial charge in [0.1, 0.15) is 6.10 Å². The monoisotopic (exact) mass is 358 g/mol. The first-order valence-corrected chi connectivity index (χ1v) is 11.1. The van der Waals surface area contributed by atoms with Crippen LogP contribution in [0, 0.1) is 5.41 Å². The zero-order valence-corrected chi connectivity index (χ0v) is 15.8. The minimum atomic E-state index is -0.149. The first kappa shape index (κ1) is 15.2. The number of fused-ring (bicyclic) bond motifs is 8. The summed E-state index contributed by atoms with van der Waals surface area (Å²) in [6, 6.07) is 0. The molecule has 4 heteroatoms. The van der Waals surface area contributed by atoms with Crippen LogP contribution < -0.4 is 0 Å². The number of esters is 1. The molecule has 0 bridgehead atoms. The van der Waals surface area contributed by atoms with E-state index >= 15 is 0 Å². The molecule has 1 saturated carbocycles. The van der Waals surface area contributed by atoms with E-state index in [1.807, 2.05) is 20.7 Å². The molecule has 0 aliphatic heterocycles. The summed E-state index contributed by atoms with van der Waals surface area (Å²) in [5.41, 5.74) is 6.55. The molecule has 0 unspecified atom stereocenters. The van der Waals surface area contributed by atoms with Crippen molar-refractivity contribution in [2.24, 2.45) is 5.41 Å². The summed E-state index contributed by atoms with van der Waals surface area (Å²) in [6.45, 7) is 3.97. The molecule has 3 aliphatic carbocycles. The highest BCUT2D eigenvalue weighted by Crippen LogP contribution is 2.58. The molecular weight excluding hydrogens is 336 g/mol. The normalized spacial score (nSPS) is 30.9. The minimum Gasteiger partial charge on any atom is -0.462 e. The summed E-state index contributed by atoms with van der Waals surface area (Å²) >= 11 is 0. The summed E-state index contributed by atoms with van der Waals surface area (Å²) < 4.78 is 8.56. The third kappa shape index (κ3) is 2.02. The van der Waals surface area contributed by atoms with Crippen LogP contribution in [0.4, 0.5) is 0 Å². The molecule has 1 aromatic carbocycles. The van der Waals surface area contributed by atoms with E-state index < -0.39 is 0 Å². The lowest BCUT2D eigenvalue weighted by Gasteiger charge is -2.37. The van der Waals surface area contributed by atoms with Gasteiger partial charge in [0.15, 0.2) is 0 Å². The highest BCUT2D eigenvalue weighted by Gasteiger charge is 2.43. The lowest BCUT2D eigenvalue weighted by atomic mass is 9.69. The minimum absolute atomic E-state index is 0.0627. The molecule has 3 atom stereocenters. The Balaban J connectivity index is 1.65. The third-order valence-electron chi connectivity index (χ3n) is 6.38. The summed E-state index contributed by atoms with van der Waals surface area (Å²) in [4.78, 5) is 11.3. The van der Waals surface area contributed by atoms with E-state index in [1.54, 1.807) is 15.8 Å². The van der Waals surface area contributed by atoms with Gasteiger partial charge in [0.05, 0.1) is 9.40 Å². The first-order valence-electron chi connectivity index (χ1n) is 8.99. The largest absolute Gasteiger partial charge is 0.462 e. The molecule has 3 aliphatic rings. The zero-order valence-electron chi connectivity index (χ0n) is 14.2. The average Bonchev–Trinajstić information content (AvgIpc) is 2.88. The van der Waals surface area contributed by atoms with Gasteiger partial charge in [0.25, 0.3) is 0 Å². The highest BCUT2D eigenvalue weighted by atomic mass is 32.9. The van der Waals surface area contributed by atoms with Crippen molar-refractivity contribution >= 4 is 42.1 Å². The predicted molar refractivity (Wildman–Crippen MR) is 101 cm³/mol. The van der Waals surface area contributed by atoms with Crippen LogP contribution in [0.25, 0.3) is 15.5 Å². The molecule has 126 valence electrons. The molecule has 1 fully saturated rings. The van der Waals surface area contributed by atoms with Crippen LogP contribution in [0.5, 0.6) is 0 Å². The molecule has 0 spiro atoms. The Morgan fingerprint density at radius 1 is 1.25 bits per heavy atom. The standard InChI is InChI=1S/C20H22O2S2/c1-11(21)22-12-5-6-13-14-7-9-20(2)8-3-4-16(20)17(14)19-18(23-24-19)15(13)10-12/h7,9,12,16H,3-6,8,10H2,1-2H3/t12-,16-,20-/m0/s1. The zero-order chi connectivity index (χ0) is 16.5. The molecule has 0 N–H and O–H groups in total. The number of hydrogen-bond acceptors (Lipinski definition) is 4. The second-order valence-corrected chi connectivity index (χ2v) is 10.0. The summed E-state index contributed by atoms with van der Waals surface area (Å²) in [6.07, 6.45) is 11.9. The van der Waals surface area contributed by atoms with E-state index in [-0.39, 0.29) is 12.1 Å². The molecule has 2 nitrogen and oxygen atoms in total. The van der Waals surface area contributed by atoms with Gasteiger partial charge >= 0.3 is 5.97 Å². The van der Waals surface area contributed by atoms with Gasteiger partial charge in [0.2, 0.25) is 0 Å². The molecule has 24 heavy (non-hydrogen) atoms. The van der Waals surface area contributed by atoms with E-state index in [0.29, 0.717) is 11.3 Å². The Morgan fingerprint density at radius 3 is 2.83 bits per heavy atom. The SMILES string of the molecule is CC(=O)O[C@H]1CCc2c3c(c4ssc4c2C1)[C@@H]1CCC[C@@]1(C)C=C3. The van der Waals surface area contributed by atoms with Gasteiger partial charge in [0, 0.05) is 13.3 Å². The van der Waals surface area contributed by atoms with E-state index in [0.717, 1.165) is 19.3 Å². The summed E-state index contributed by atoms with van der Waals surface area (Å²) in [5.74, 6) is 0.556. The maximum absolute atomic E-state index is 11.3. The van der Waals surface area contributed by atoms with Crippen molar-refractivity contribution in [3.63, 3.8) is 0 Å². The van der Waals surface area contributed by atoms with Gasteiger partial charge in [-0.1, -0.05) is 46.2 Å². The first-order chi connectivity index (χ1) is 11.6. The number of carbonyl (C=O) groups is 1. The highest BCUT2D eigenvalue weighted by molar-refractivity contribution is 7.78. The van der Waals surface area contributed by atoms with Gasteiger partial charge < -0.3 is 4.74 Å². The number of benzene rings is 1. The van der Waals surface area contributed by atoms with Crippen molar-refractivity contribution in [3.05, 3.63) is 28.3 Å². The van der Waals surface area contributed by atoms with Crippen LogP contribution in [0.15, 0.2) is 6.08 Å². The van der Waals surface area contributed by atoms with E-state index in [1.165, 1.54) is 42.0 Å². The van der Waals surface area contributed by atoms with Crippen molar-refractivity contribution in [1.29, 1.82) is 0 Å². The predicted octanol–water partition coefficient (Wildman–Crippen LogP) is 5.68.